The molecule has 2 heterocycles. The fourth-order valence-corrected chi connectivity index (χ4v) is 3.06. The van der Waals surface area contributed by atoms with Gasteiger partial charge in [0.05, 0.1) is 13.2 Å². The van der Waals surface area contributed by atoms with Crippen LogP contribution in [0.1, 0.15) is 36.4 Å². The van der Waals surface area contributed by atoms with Gasteiger partial charge in [-0.05, 0) is 51.0 Å². The Labute approximate surface area is 178 Å². The first kappa shape index (κ1) is 21.4. The van der Waals surface area contributed by atoms with E-state index in [1.165, 1.54) is 5.56 Å². The SMILES string of the molecule is CCNC(=NCc1ccc(-n2ccnc2C)nc1)NCc1ccc(C)cc1OCC. The fraction of sp³-hybridized carbons (Fsp3) is 0.348. The zero-order valence-electron chi connectivity index (χ0n) is 18.1. The van der Waals surface area contributed by atoms with Crippen molar-refractivity contribution in [3.05, 3.63) is 71.4 Å². The number of ether oxygens (including phenoxy) is 1. The van der Waals surface area contributed by atoms with Crippen molar-refractivity contribution in [2.75, 3.05) is 13.2 Å². The van der Waals surface area contributed by atoms with Gasteiger partial charge in [0.1, 0.15) is 17.4 Å². The summed E-state index contributed by atoms with van der Waals surface area (Å²) in [5.41, 5.74) is 3.33. The van der Waals surface area contributed by atoms with Crippen LogP contribution in [0, 0.1) is 13.8 Å². The molecule has 7 nitrogen and oxygen atoms in total. The number of benzene rings is 1. The standard InChI is InChI=1S/C23H30N6O/c1-5-24-23(28-16-20-9-7-17(3)13-21(20)30-6-2)27-15-19-8-10-22(26-14-19)29-12-11-25-18(29)4/h7-14H,5-6,15-16H2,1-4H3,(H2,24,27,28). The first-order valence-electron chi connectivity index (χ1n) is 10.3. The highest BCUT2D eigenvalue weighted by atomic mass is 16.5. The van der Waals surface area contributed by atoms with E-state index in [0.717, 1.165) is 41.0 Å². The van der Waals surface area contributed by atoms with Gasteiger partial charge in [0.25, 0.3) is 0 Å². The number of aryl methyl sites for hydroxylation is 2. The minimum Gasteiger partial charge on any atom is -0.494 e. The molecule has 7 heteroatoms. The Kier molecular flexibility index (Phi) is 7.43. The van der Waals surface area contributed by atoms with Crippen molar-refractivity contribution in [1.29, 1.82) is 0 Å². The van der Waals surface area contributed by atoms with Crippen LogP contribution >= 0.6 is 0 Å². The number of hydrogen-bond acceptors (Lipinski definition) is 4. The maximum atomic E-state index is 5.77. The van der Waals surface area contributed by atoms with Crippen LogP contribution in [0.3, 0.4) is 0 Å². The zero-order chi connectivity index (χ0) is 21.3. The molecule has 0 aliphatic heterocycles. The molecular formula is C23H30N6O. The van der Waals surface area contributed by atoms with Crippen molar-refractivity contribution >= 4 is 5.96 Å². The first-order chi connectivity index (χ1) is 14.6. The van der Waals surface area contributed by atoms with Crippen molar-refractivity contribution in [1.82, 2.24) is 25.2 Å². The maximum Gasteiger partial charge on any atom is 0.191 e. The van der Waals surface area contributed by atoms with Crippen LogP contribution < -0.4 is 15.4 Å². The summed E-state index contributed by atoms with van der Waals surface area (Å²) in [6.07, 6.45) is 5.54. The highest BCUT2D eigenvalue weighted by molar-refractivity contribution is 5.79. The van der Waals surface area contributed by atoms with Gasteiger partial charge in [-0.1, -0.05) is 18.2 Å². The minimum absolute atomic E-state index is 0.539. The van der Waals surface area contributed by atoms with Gasteiger partial charge in [0.15, 0.2) is 5.96 Å². The molecule has 0 unspecified atom stereocenters. The molecule has 3 rings (SSSR count). The number of nitrogens with one attached hydrogen (secondary N) is 2. The molecular weight excluding hydrogens is 376 g/mol. The Bertz CT molecular complexity index is 978. The Balaban J connectivity index is 1.65. The molecule has 0 atom stereocenters. The normalized spacial score (nSPS) is 11.4. The fourth-order valence-electron chi connectivity index (χ4n) is 3.06. The summed E-state index contributed by atoms with van der Waals surface area (Å²) in [6.45, 7) is 10.7. The van der Waals surface area contributed by atoms with Crippen LogP contribution in [0.4, 0.5) is 0 Å². The topological polar surface area (TPSA) is 76.4 Å². The second-order valence-electron chi connectivity index (χ2n) is 6.96. The molecule has 0 saturated heterocycles. The van der Waals surface area contributed by atoms with E-state index in [1.807, 2.05) is 42.9 Å². The van der Waals surface area contributed by atoms with Crippen LogP contribution in [0.2, 0.25) is 0 Å². The lowest BCUT2D eigenvalue weighted by Gasteiger charge is -2.15. The number of guanidine groups is 1. The number of imidazole rings is 1. The van der Waals surface area contributed by atoms with Crippen molar-refractivity contribution in [2.24, 2.45) is 4.99 Å². The number of aromatic nitrogens is 3. The van der Waals surface area contributed by atoms with Gasteiger partial charge in [0.2, 0.25) is 0 Å². The molecule has 2 aromatic heterocycles. The average Bonchev–Trinajstić information content (AvgIpc) is 3.17. The molecule has 158 valence electrons. The van der Waals surface area contributed by atoms with Crippen LogP contribution in [0.5, 0.6) is 5.75 Å². The number of aliphatic imine (C=N–C) groups is 1. The Hall–Kier alpha value is -3.35. The Morgan fingerprint density at radius 3 is 2.63 bits per heavy atom. The Morgan fingerprint density at radius 1 is 1.10 bits per heavy atom. The molecule has 0 bridgehead atoms. The van der Waals surface area contributed by atoms with E-state index >= 15 is 0 Å². The van der Waals surface area contributed by atoms with Gasteiger partial charge in [-0.15, -0.1) is 0 Å². The van der Waals surface area contributed by atoms with Gasteiger partial charge in [0, 0.05) is 37.2 Å². The zero-order valence-corrected chi connectivity index (χ0v) is 18.1. The lowest BCUT2D eigenvalue weighted by molar-refractivity contribution is 0.336. The van der Waals surface area contributed by atoms with Crippen molar-refractivity contribution in [3.63, 3.8) is 0 Å². The maximum absolute atomic E-state index is 5.77. The number of rotatable bonds is 8. The van der Waals surface area contributed by atoms with E-state index < -0.39 is 0 Å². The minimum atomic E-state index is 0.539. The second kappa shape index (κ2) is 10.4. The van der Waals surface area contributed by atoms with Crippen LogP contribution in [-0.4, -0.2) is 33.6 Å². The molecule has 0 aliphatic rings. The molecule has 0 spiro atoms. The van der Waals surface area contributed by atoms with E-state index in [1.54, 1.807) is 6.20 Å². The van der Waals surface area contributed by atoms with E-state index in [0.29, 0.717) is 19.7 Å². The monoisotopic (exact) mass is 406 g/mol. The molecule has 3 aromatic rings. The molecule has 30 heavy (non-hydrogen) atoms. The molecule has 1 aromatic carbocycles. The highest BCUT2D eigenvalue weighted by Crippen LogP contribution is 2.20. The Morgan fingerprint density at radius 2 is 1.97 bits per heavy atom. The van der Waals surface area contributed by atoms with E-state index in [2.05, 4.69) is 52.6 Å². The smallest absolute Gasteiger partial charge is 0.191 e. The summed E-state index contributed by atoms with van der Waals surface area (Å²) >= 11 is 0. The third-order valence-corrected chi connectivity index (χ3v) is 4.61. The van der Waals surface area contributed by atoms with Crippen molar-refractivity contribution < 1.29 is 4.74 Å². The molecule has 0 aliphatic carbocycles. The van der Waals surface area contributed by atoms with E-state index in [-0.39, 0.29) is 0 Å². The van der Waals surface area contributed by atoms with Crippen molar-refractivity contribution in [2.45, 2.75) is 40.8 Å². The second-order valence-corrected chi connectivity index (χ2v) is 6.96. The first-order valence-corrected chi connectivity index (χ1v) is 10.3. The van der Waals surface area contributed by atoms with Gasteiger partial charge in [-0.2, -0.15) is 0 Å². The van der Waals surface area contributed by atoms with Gasteiger partial charge < -0.3 is 15.4 Å². The molecule has 0 saturated carbocycles. The summed E-state index contributed by atoms with van der Waals surface area (Å²) in [4.78, 5) is 13.5. The highest BCUT2D eigenvalue weighted by Gasteiger charge is 2.06. The summed E-state index contributed by atoms with van der Waals surface area (Å²) < 4.78 is 7.73. The average molecular weight is 407 g/mol. The molecule has 0 radical (unpaired) electrons. The number of nitrogens with zero attached hydrogens (tertiary/aromatic N) is 4. The van der Waals surface area contributed by atoms with Crippen LogP contribution in [0.25, 0.3) is 5.82 Å². The van der Waals surface area contributed by atoms with E-state index in [9.17, 15) is 0 Å². The van der Waals surface area contributed by atoms with Gasteiger partial charge in [-0.3, -0.25) is 4.57 Å². The predicted octanol–water partition coefficient (Wildman–Crippen LogP) is 3.54. The van der Waals surface area contributed by atoms with Crippen LogP contribution in [-0.2, 0) is 13.1 Å². The third-order valence-electron chi connectivity index (χ3n) is 4.61. The predicted molar refractivity (Wildman–Crippen MR) is 120 cm³/mol. The van der Waals surface area contributed by atoms with Crippen molar-refractivity contribution in [3.8, 4) is 11.6 Å². The number of hydrogen-bond donors (Lipinski definition) is 2. The van der Waals surface area contributed by atoms with Gasteiger partial charge >= 0.3 is 0 Å². The summed E-state index contributed by atoms with van der Waals surface area (Å²) in [5, 5.41) is 6.69. The molecule has 2 N–H and O–H groups in total. The lowest BCUT2D eigenvalue weighted by atomic mass is 10.1. The molecule has 0 amide bonds. The molecule has 0 fully saturated rings. The largest absolute Gasteiger partial charge is 0.494 e. The van der Waals surface area contributed by atoms with E-state index in [4.69, 9.17) is 9.73 Å². The lowest BCUT2D eigenvalue weighted by Crippen LogP contribution is -2.36. The van der Waals surface area contributed by atoms with Gasteiger partial charge in [-0.25, -0.2) is 15.0 Å². The number of pyridine rings is 1. The quantitative estimate of drug-likeness (QED) is 0.442. The van der Waals surface area contributed by atoms with Crippen LogP contribution in [0.15, 0.2) is 53.9 Å². The summed E-state index contributed by atoms with van der Waals surface area (Å²) in [6, 6.07) is 10.3. The third kappa shape index (κ3) is 5.59. The summed E-state index contributed by atoms with van der Waals surface area (Å²) in [5.74, 6) is 3.44. The summed E-state index contributed by atoms with van der Waals surface area (Å²) in [7, 11) is 0.